The number of hydrogen-bond acceptors (Lipinski definition) is 3. The molecule has 0 spiro atoms. The molecule has 2 N–H and O–H groups in total. The van der Waals surface area contributed by atoms with Crippen LogP contribution in [0, 0.1) is 0 Å². The molecule has 0 atom stereocenters. The third-order valence-electron chi connectivity index (χ3n) is 3.22. The van der Waals surface area contributed by atoms with Crippen LogP contribution in [0.4, 0.5) is 5.69 Å². The van der Waals surface area contributed by atoms with Gasteiger partial charge in [0.25, 0.3) is 0 Å². The number of nitrogens with one attached hydrogen (secondary N) is 1. The summed E-state index contributed by atoms with van der Waals surface area (Å²) in [6.45, 7) is 3.07. The molecule has 1 aromatic carbocycles. The van der Waals surface area contributed by atoms with Gasteiger partial charge in [-0.05, 0) is 43.9 Å². The Morgan fingerprint density at radius 3 is 2.59 bits per heavy atom. The van der Waals surface area contributed by atoms with E-state index in [9.17, 15) is 0 Å². The first-order valence-electron chi connectivity index (χ1n) is 6.39. The second kappa shape index (κ2) is 6.03. The Labute approximate surface area is 103 Å². The molecule has 3 heteroatoms. The number of rotatable bonds is 6. The SMILES string of the molecule is CCOC1CC(Nc2ccc(CCO)cc2)C1. The van der Waals surface area contributed by atoms with Gasteiger partial charge in [-0.2, -0.15) is 0 Å². The highest BCUT2D eigenvalue weighted by Crippen LogP contribution is 2.26. The highest BCUT2D eigenvalue weighted by Gasteiger charge is 2.29. The molecule has 0 heterocycles. The highest BCUT2D eigenvalue weighted by molar-refractivity contribution is 5.46. The first kappa shape index (κ1) is 12.4. The second-order valence-electron chi connectivity index (χ2n) is 4.56. The Bertz CT molecular complexity index is 331. The Morgan fingerprint density at radius 1 is 1.29 bits per heavy atom. The first-order valence-corrected chi connectivity index (χ1v) is 6.39. The molecule has 1 aliphatic carbocycles. The lowest BCUT2D eigenvalue weighted by atomic mass is 9.89. The molecule has 3 nitrogen and oxygen atoms in total. The molecule has 0 unspecified atom stereocenters. The minimum absolute atomic E-state index is 0.214. The summed E-state index contributed by atoms with van der Waals surface area (Å²) >= 11 is 0. The van der Waals surface area contributed by atoms with Gasteiger partial charge in [-0.15, -0.1) is 0 Å². The number of benzene rings is 1. The number of hydrogen-bond donors (Lipinski definition) is 2. The van der Waals surface area contributed by atoms with Crippen LogP contribution in [0.2, 0.25) is 0 Å². The summed E-state index contributed by atoms with van der Waals surface area (Å²) in [7, 11) is 0. The van der Waals surface area contributed by atoms with E-state index in [2.05, 4.69) is 29.6 Å². The minimum atomic E-state index is 0.214. The third-order valence-corrected chi connectivity index (χ3v) is 3.22. The maximum atomic E-state index is 8.83. The highest BCUT2D eigenvalue weighted by atomic mass is 16.5. The monoisotopic (exact) mass is 235 g/mol. The number of aliphatic hydroxyl groups excluding tert-OH is 1. The van der Waals surface area contributed by atoms with Gasteiger partial charge < -0.3 is 15.2 Å². The van der Waals surface area contributed by atoms with Crippen molar-refractivity contribution in [1.29, 1.82) is 0 Å². The minimum Gasteiger partial charge on any atom is -0.396 e. The van der Waals surface area contributed by atoms with Gasteiger partial charge in [0.1, 0.15) is 0 Å². The Balaban J connectivity index is 1.76. The van der Waals surface area contributed by atoms with Crippen LogP contribution in [0.3, 0.4) is 0 Å². The van der Waals surface area contributed by atoms with Crippen molar-refractivity contribution in [1.82, 2.24) is 0 Å². The standard InChI is InChI=1S/C14H21NO2/c1-2-17-14-9-13(10-14)15-12-5-3-11(4-6-12)7-8-16/h3-6,13-16H,2,7-10H2,1H3. The molecule has 1 aromatic rings. The normalized spacial score (nSPS) is 23.2. The van der Waals surface area contributed by atoms with Crippen molar-refractivity contribution in [2.45, 2.75) is 38.3 Å². The van der Waals surface area contributed by atoms with Gasteiger partial charge in [0, 0.05) is 24.9 Å². The maximum absolute atomic E-state index is 8.83. The van der Waals surface area contributed by atoms with Crippen LogP contribution >= 0.6 is 0 Å². The van der Waals surface area contributed by atoms with Crippen molar-refractivity contribution in [2.24, 2.45) is 0 Å². The fourth-order valence-electron chi connectivity index (χ4n) is 2.19. The lowest BCUT2D eigenvalue weighted by molar-refractivity contribution is 0.00299. The van der Waals surface area contributed by atoms with E-state index in [1.165, 1.54) is 5.56 Å². The molecule has 0 radical (unpaired) electrons. The van der Waals surface area contributed by atoms with Gasteiger partial charge in [0.2, 0.25) is 0 Å². The summed E-state index contributed by atoms with van der Waals surface area (Å²) in [5.41, 5.74) is 2.34. The molecule has 0 saturated heterocycles. The smallest absolute Gasteiger partial charge is 0.0614 e. The van der Waals surface area contributed by atoms with E-state index in [1.54, 1.807) is 0 Å². The van der Waals surface area contributed by atoms with Crippen molar-refractivity contribution in [3.8, 4) is 0 Å². The molecule has 0 bridgehead atoms. The van der Waals surface area contributed by atoms with E-state index in [-0.39, 0.29) is 6.61 Å². The summed E-state index contributed by atoms with van der Waals surface area (Å²) < 4.78 is 5.53. The van der Waals surface area contributed by atoms with E-state index in [4.69, 9.17) is 9.84 Å². The maximum Gasteiger partial charge on any atom is 0.0614 e. The van der Waals surface area contributed by atoms with E-state index in [1.807, 2.05) is 6.92 Å². The van der Waals surface area contributed by atoms with E-state index in [0.717, 1.165) is 31.6 Å². The van der Waals surface area contributed by atoms with Crippen LogP contribution in [-0.2, 0) is 11.2 Å². The van der Waals surface area contributed by atoms with Crippen LogP contribution < -0.4 is 5.32 Å². The van der Waals surface area contributed by atoms with Gasteiger partial charge in [0.15, 0.2) is 0 Å². The number of aliphatic hydroxyl groups is 1. The Morgan fingerprint density at radius 2 is 2.00 bits per heavy atom. The molecule has 0 aromatic heterocycles. The summed E-state index contributed by atoms with van der Waals surface area (Å²) in [4.78, 5) is 0. The predicted octanol–water partition coefficient (Wildman–Crippen LogP) is 2.20. The molecule has 0 aliphatic heterocycles. The van der Waals surface area contributed by atoms with Crippen LogP contribution in [0.15, 0.2) is 24.3 Å². The first-order chi connectivity index (χ1) is 8.31. The lowest BCUT2D eigenvalue weighted by Crippen LogP contribution is -2.40. The van der Waals surface area contributed by atoms with Crippen molar-refractivity contribution >= 4 is 5.69 Å². The zero-order valence-electron chi connectivity index (χ0n) is 10.4. The predicted molar refractivity (Wildman–Crippen MR) is 69.3 cm³/mol. The van der Waals surface area contributed by atoms with E-state index in [0.29, 0.717) is 12.1 Å². The summed E-state index contributed by atoms with van der Waals surface area (Å²) in [5.74, 6) is 0. The molecular weight excluding hydrogens is 214 g/mol. The van der Waals surface area contributed by atoms with Gasteiger partial charge in [-0.25, -0.2) is 0 Å². The molecule has 1 saturated carbocycles. The number of anilines is 1. The van der Waals surface area contributed by atoms with Gasteiger partial charge in [0.05, 0.1) is 6.10 Å². The second-order valence-corrected chi connectivity index (χ2v) is 4.56. The average Bonchev–Trinajstić information content (AvgIpc) is 2.29. The lowest BCUT2D eigenvalue weighted by Gasteiger charge is -2.36. The summed E-state index contributed by atoms with van der Waals surface area (Å²) in [6.07, 6.45) is 3.39. The molecule has 1 fully saturated rings. The van der Waals surface area contributed by atoms with Crippen LogP contribution in [0.1, 0.15) is 25.3 Å². The van der Waals surface area contributed by atoms with Crippen molar-refractivity contribution < 1.29 is 9.84 Å². The topological polar surface area (TPSA) is 41.5 Å². The molecule has 0 amide bonds. The van der Waals surface area contributed by atoms with Crippen LogP contribution in [0.5, 0.6) is 0 Å². The third kappa shape index (κ3) is 3.45. The van der Waals surface area contributed by atoms with Crippen molar-refractivity contribution in [3.05, 3.63) is 29.8 Å². The molecular formula is C14H21NO2. The van der Waals surface area contributed by atoms with Gasteiger partial charge in [-0.3, -0.25) is 0 Å². The zero-order chi connectivity index (χ0) is 12.1. The van der Waals surface area contributed by atoms with Gasteiger partial charge >= 0.3 is 0 Å². The Hall–Kier alpha value is -1.06. The molecule has 17 heavy (non-hydrogen) atoms. The van der Waals surface area contributed by atoms with Crippen LogP contribution in [0.25, 0.3) is 0 Å². The molecule has 94 valence electrons. The Kier molecular flexibility index (Phi) is 4.40. The van der Waals surface area contributed by atoms with Crippen molar-refractivity contribution in [2.75, 3.05) is 18.5 Å². The largest absolute Gasteiger partial charge is 0.396 e. The fourth-order valence-corrected chi connectivity index (χ4v) is 2.19. The van der Waals surface area contributed by atoms with Crippen LogP contribution in [-0.4, -0.2) is 30.5 Å². The fraction of sp³-hybridized carbons (Fsp3) is 0.571. The molecule has 1 aliphatic rings. The molecule has 2 rings (SSSR count). The van der Waals surface area contributed by atoms with E-state index < -0.39 is 0 Å². The average molecular weight is 235 g/mol. The number of ether oxygens (including phenoxy) is 1. The van der Waals surface area contributed by atoms with Crippen molar-refractivity contribution in [3.63, 3.8) is 0 Å². The summed E-state index contributed by atoms with van der Waals surface area (Å²) in [6, 6.07) is 8.85. The zero-order valence-corrected chi connectivity index (χ0v) is 10.4. The van der Waals surface area contributed by atoms with Gasteiger partial charge in [-0.1, -0.05) is 12.1 Å². The van der Waals surface area contributed by atoms with E-state index >= 15 is 0 Å². The summed E-state index contributed by atoms with van der Waals surface area (Å²) in [5, 5.41) is 12.3. The quantitative estimate of drug-likeness (QED) is 0.794.